The molecule has 3 aromatic carbocycles. The Morgan fingerprint density at radius 3 is 2.26 bits per heavy atom. The van der Waals surface area contributed by atoms with Gasteiger partial charge in [0.1, 0.15) is 6.61 Å². The van der Waals surface area contributed by atoms with Crippen molar-refractivity contribution >= 4 is 28.9 Å². The summed E-state index contributed by atoms with van der Waals surface area (Å²) in [6.07, 6.45) is 0. The van der Waals surface area contributed by atoms with Crippen molar-refractivity contribution in [2.75, 3.05) is 12.4 Å². The Balaban J connectivity index is 1.64. The molecule has 0 atom stereocenters. The number of halogens is 2. The van der Waals surface area contributed by atoms with E-state index in [2.05, 4.69) is 36.5 Å². The van der Waals surface area contributed by atoms with E-state index in [1.54, 1.807) is 19.2 Å². The van der Waals surface area contributed by atoms with Gasteiger partial charge < -0.3 is 14.8 Å². The standard InChI is InChI=1S/C22H21Cl2NO2/c1-15-3-5-16(6-4-15)14-27-21-10-7-17(11-22(21)26-2)13-25-18-8-9-19(23)20(24)12-18/h3-12,25H,13-14H2,1-2H3. The molecule has 5 heteroatoms. The van der Waals surface area contributed by atoms with E-state index in [0.717, 1.165) is 22.6 Å². The first-order valence-corrected chi connectivity index (χ1v) is 9.35. The number of hydrogen-bond donors (Lipinski definition) is 1. The van der Waals surface area contributed by atoms with Crippen molar-refractivity contribution in [3.8, 4) is 11.5 Å². The molecule has 0 aliphatic carbocycles. The van der Waals surface area contributed by atoms with Gasteiger partial charge in [-0.25, -0.2) is 0 Å². The van der Waals surface area contributed by atoms with Gasteiger partial charge in [-0.3, -0.25) is 0 Å². The smallest absolute Gasteiger partial charge is 0.161 e. The van der Waals surface area contributed by atoms with Crippen molar-refractivity contribution in [2.45, 2.75) is 20.1 Å². The van der Waals surface area contributed by atoms with E-state index in [4.69, 9.17) is 32.7 Å². The van der Waals surface area contributed by atoms with Gasteiger partial charge in [0.05, 0.1) is 17.2 Å². The number of hydrogen-bond acceptors (Lipinski definition) is 3. The quantitative estimate of drug-likeness (QED) is 0.489. The van der Waals surface area contributed by atoms with Crippen molar-refractivity contribution < 1.29 is 9.47 Å². The molecule has 3 rings (SSSR count). The van der Waals surface area contributed by atoms with Crippen LogP contribution in [0.4, 0.5) is 5.69 Å². The predicted molar refractivity (Wildman–Crippen MR) is 112 cm³/mol. The lowest BCUT2D eigenvalue weighted by Crippen LogP contribution is -2.02. The van der Waals surface area contributed by atoms with Gasteiger partial charge in [-0.2, -0.15) is 0 Å². The van der Waals surface area contributed by atoms with Crippen LogP contribution in [0.1, 0.15) is 16.7 Å². The Hall–Kier alpha value is -2.36. The van der Waals surface area contributed by atoms with Gasteiger partial charge in [-0.05, 0) is 48.4 Å². The van der Waals surface area contributed by atoms with E-state index in [9.17, 15) is 0 Å². The van der Waals surface area contributed by atoms with Crippen LogP contribution in [0.3, 0.4) is 0 Å². The maximum atomic E-state index is 6.05. The third kappa shape index (κ3) is 5.31. The molecule has 0 aromatic heterocycles. The highest BCUT2D eigenvalue weighted by molar-refractivity contribution is 6.42. The number of methoxy groups -OCH3 is 1. The van der Waals surface area contributed by atoms with Crippen LogP contribution in [0.5, 0.6) is 11.5 Å². The molecule has 1 N–H and O–H groups in total. The van der Waals surface area contributed by atoms with Gasteiger partial charge in [-0.1, -0.05) is 59.1 Å². The Bertz CT molecular complexity index is 911. The molecule has 0 amide bonds. The highest BCUT2D eigenvalue weighted by atomic mass is 35.5. The summed E-state index contributed by atoms with van der Waals surface area (Å²) < 4.78 is 11.4. The number of nitrogens with one attached hydrogen (secondary N) is 1. The zero-order valence-corrected chi connectivity index (χ0v) is 16.8. The summed E-state index contributed by atoms with van der Waals surface area (Å²) in [5.74, 6) is 1.42. The summed E-state index contributed by atoms with van der Waals surface area (Å²) >= 11 is 12.0. The largest absolute Gasteiger partial charge is 0.493 e. The molecule has 3 nitrogen and oxygen atoms in total. The fourth-order valence-corrected chi connectivity index (χ4v) is 2.89. The SMILES string of the molecule is COc1cc(CNc2ccc(Cl)c(Cl)c2)ccc1OCc1ccc(C)cc1. The average molecular weight is 402 g/mol. The van der Waals surface area contributed by atoms with Crippen molar-refractivity contribution in [3.63, 3.8) is 0 Å². The zero-order valence-electron chi connectivity index (χ0n) is 15.3. The minimum Gasteiger partial charge on any atom is -0.493 e. The average Bonchev–Trinajstić information content (AvgIpc) is 2.68. The van der Waals surface area contributed by atoms with E-state index in [-0.39, 0.29) is 0 Å². The molecule has 140 valence electrons. The second-order valence-electron chi connectivity index (χ2n) is 6.24. The zero-order chi connectivity index (χ0) is 19.2. The minimum absolute atomic E-state index is 0.498. The van der Waals surface area contributed by atoms with Crippen LogP contribution in [0.15, 0.2) is 60.7 Å². The van der Waals surface area contributed by atoms with Gasteiger partial charge in [0.25, 0.3) is 0 Å². The molecule has 0 fully saturated rings. The van der Waals surface area contributed by atoms with Crippen molar-refractivity contribution in [1.29, 1.82) is 0 Å². The molecule has 0 aliphatic heterocycles. The molecule has 0 heterocycles. The Morgan fingerprint density at radius 2 is 1.56 bits per heavy atom. The monoisotopic (exact) mass is 401 g/mol. The molecule has 0 spiro atoms. The molecule has 3 aromatic rings. The lowest BCUT2D eigenvalue weighted by Gasteiger charge is -2.13. The van der Waals surface area contributed by atoms with Crippen LogP contribution in [-0.2, 0) is 13.2 Å². The minimum atomic E-state index is 0.498. The van der Waals surface area contributed by atoms with E-state index >= 15 is 0 Å². The molecule has 27 heavy (non-hydrogen) atoms. The topological polar surface area (TPSA) is 30.5 Å². The highest BCUT2D eigenvalue weighted by Gasteiger charge is 2.07. The summed E-state index contributed by atoms with van der Waals surface area (Å²) in [6, 6.07) is 19.7. The van der Waals surface area contributed by atoms with Gasteiger partial charge in [0.2, 0.25) is 0 Å². The normalized spacial score (nSPS) is 10.5. The molecule has 0 aliphatic rings. The summed E-state index contributed by atoms with van der Waals surface area (Å²) in [5, 5.41) is 4.39. The number of rotatable bonds is 7. The van der Waals surface area contributed by atoms with E-state index in [1.807, 2.05) is 24.3 Å². The Morgan fingerprint density at radius 1 is 0.815 bits per heavy atom. The lowest BCUT2D eigenvalue weighted by molar-refractivity contribution is 0.284. The van der Waals surface area contributed by atoms with E-state index in [0.29, 0.717) is 28.9 Å². The van der Waals surface area contributed by atoms with Crippen LogP contribution in [0.2, 0.25) is 10.0 Å². The van der Waals surface area contributed by atoms with Crippen LogP contribution < -0.4 is 14.8 Å². The van der Waals surface area contributed by atoms with Gasteiger partial charge in [-0.15, -0.1) is 0 Å². The van der Waals surface area contributed by atoms with Crippen LogP contribution in [0, 0.1) is 6.92 Å². The highest BCUT2D eigenvalue weighted by Crippen LogP contribution is 2.30. The maximum Gasteiger partial charge on any atom is 0.161 e. The molecule has 0 unspecified atom stereocenters. The van der Waals surface area contributed by atoms with Gasteiger partial charge >= 0.3 is 0 Å². The Labute approximate surface area is 169 Å². The van der Waals surface area contributed by atoms with E-state index in [1.165, 1.54) is 5.56 Å². The number of aryl methyl sites for hydroxylation is 1. The second-order valence-corrected chi connectivity index (χ2v) is 7.06. The molecule has 0 saturated carbocycles. The lowest BCUT2D eigenvalue weighted by atomic mass is 10.1. The summed E-state index contributed by atoms with van der Waals surface area (Å²) in [7, 11) is 1.64. The molecular weight excluding hydrogens is 381 g/mol. The molecular formula is C22H21Cl2NO2. The van der Waals surface area contributed by atoms with Crippen molar-refractivity contribution in [2.24, 2.45) is 0 Å². The summed E-state index contributed by atoms with van der Waals surface area (Å²) in [6.45, 7) is 3.20. The third-order valence-electron chi connectivity index (χ3n) is 4.16. The second kappa shape index (κ2) is 9.03. The molecule has 0 bridgehead atoms. The number of benzene rings is 3. The molecule has 0 radical (unpaired) electrons. The first-order chi connectivity index (χ1) is 13.0. The van der Waals surface area contributed by atoms with Crippen LogP contribution in [-0.4, -0.2) is 7.11 Å². The number of anilines is 1. The fourth-order valence-electron chi connectivity index (χ4n) is 2.60. The Kier molecular flexibility index (Phi) is 6.49. The number of ether oxygens (including phenoxy) is 2. The molecule has 0 saturated heterocycles. The van der Waals surface area contributed by atoms with Gasteiger partial charge in [0.15, 0.2) is 11.5 Å². The van der Waals surface area contributed by atoms with Crippen molar-refractivity contribution in [1.82, 2.24) is 0 Å². The van der Waals surface area contributed by atoms with Crippen molar-refractivity contribution in [3.05, 3.63) is 87.4 Å². The third-order valence-corrected chi connectivity index (χ3v) is 4.90. The van der Waals surface area contributed by atoms with Crippen LogP contribution in [0.25, 0.3) is 0 Å². The maximum absolute atomic E-state index is 6.05. The van der Waals surface area contributed by atoms with Crippen LogP contribution >= 0.6 is 23.2 Å². The first kappa shape index (κ1) is 19.4. The first-order valence-electron chi connectivity index (χ1n) is 8.59. The summed E-state index contributed by atoms with van der Waals surface area (Å²) in [5.41, 5.74) is 4.33. The van der Waals surface area contributed by atoms with E-state index < -0.39 is 0 Å². The fraction of sp³-hybridized carbons (Fsp3) is 0.182. The van der Waals surface area contributed by atoms with Gasteiger partial charge in [0, 0.05) is 12.2 Å². The predicted octanol–water partition coefficient (Wildman–Crippen LogP) is 6.50. The summed E-state index contributed by atoms with van der Waals surface area (Å²) in [4.78, 5) is 0.